The molecule has 1 atom stereocenters. The van der Waals surface area contributed by atoms with Crippen molar-refractivity contribution >= 4 is 16.9 Å². The van der Waals surface area contributed by atoms with Crippen molar-refractivity contribution in [2.24, 2.45) is 5.92 Å². The maximum atomic E-state index is 15.8. The number of nitrogens with one attached hydrogen (secondary N) is 1. The van der Waals surface area contributed by atoms with Crippen LogP contribution < -0.4 is 10.9 Å². The van der Waals surface area contributed by atoms with Crippen molar-refractivity contribution in [3.63, 3.8) is 0 Å². The van der Waals surface area contributed by atoms with Gasteiger partial charge >= 0.3 is 0 Å². The topological polar surface area (TPSA) is 67.4 Å². The van der Waals surface area contributed by atoms with Gasteiger partial charge in [0.2, 0.25) is 0 Å². The number of benzene rings is 1. The second kappa shape index (κ2) is 11.3. The average molecular weight is 579 g/mol. The monoisotopic (exact) mass is 578 g/mol. The zero-order valence-corrected chi connectivity index (χ0v) is 24.0. The summed E-state index contributed by atoms with van der Waals surface area (Å²) in [5, 5.41) is 3.77. The SMILES string of the molecule is [C-]#[N+]C1(c2cc3c4ncnc3n(c2=O)CCCCCCN2CCC(CC2)CC(F)(F)c2cccc(c2F)[C@@H](C)N4)CC1. The number of aromatic nitrogens is 3. The fourth-order valence-corrected chi connectivity index (χ4v) is 6.69. The molecule has 0 unspecified atom stereocenters. The van der Waals surface area contributed by atoms with E-state index in [1.54, 1.807) is 17.6 Å². The molecular weight excluding hydrogens is 541 g/mol. The van der Waals surface area contributed by atoms with Gasteiger partial charge in [-0.2, -0.15) is 0 Å². The number of hydrogen-bond acceptors (Lipinski definition) is 5. The molecule has 7 rings (SSSR count). The van der Waals surface area contributed by atoms with E-state index in [0.29, 0.717) is 54.6 Å². The van der Waals surface area contributed by atoms with Gasteiger partial charge in [0.25, 0.3) is 17.0 Å². The van der Waals surface area contributed by atoms with E-state index in [-0.39, 0.29) is 23.5 Å². The summed E-state index contributed by atoms with van der Waals surface area (Å²) in [6, 6.07) is 5.20. The summed E-state index contributed by atoms with van der Waals surface area (Å²) in [5.74, 6) is -3.97. The lowest BCUT2D eigenvalue weighted by Gasteiger charge is -2.34. The standard InChI is InChI=1S/C32H37F3N6O/c1-21-23-8-7-9-25(27(23)33)32(34,35)19-22-10-16-40(17-11-22)14-5-3-4-6-15-41-29-24(28(39-21)37-20-38-29)18-26(30(41)42)31(36-2)12-13-31/h7-9,18,20-22H,3-6,10-17,19H2,1H3,(H,37,38,39)/t21-/m1/s1. The van der Waals surface area contributed by atoms with E-state index in [9.17, 15) is 4.79 Å². The molecule has 222 valence electrons. The summed E-state index contributed by atoms with van der Waals surface area (Å²) in [4.78, 5) is 28.7. The molecule has 10 heteroatoms. The van der Waals surface area contributed by atoms with E-state index in [1.807, 2.05) is 0 Å². The van der Waals surface area contributed by atoms with Gasteiger partial charge in [-0.3, -0.25) is 9.36 Å². The van der Waals surface area contributed by atoms with Crippen molar-refractivity contribution < 1.29 is 13.2 Å². The number of alkyl halides is 2. The lowest BCUT2D eigenvalue weighted by molar-refractivity contribution is -0.0401. The third kappa shape index (κ3) is 5.39. The van der Waals surface area contributed by atoms with Gasteiger partial charge in [-0.25, -0.2) is 29.7 Å². The van der Waals surface area contributed by atoms with Crippen LogP contribution >= 0.6 is 0 Å². The largest absolute Gasteiger partial charge is 0.363 e. The summed E-state index contributed by atoms with van der Waals surface area (Å²) in [6.07, 6.45) is 7.35. The normalized spacial score (nSPS) is 25.7. The zero-order chi connectivity index (χ0) is 29.5. The Morgan fingerprint density at radius 2 is 1.76 bits per heavy atom. The Balaban J connectivity index is 1.42. The van der Waals surface area contributed by atoms with E-state index >= 15 is 13.2 Å². The van der Waals surface area contributed by atoms with Crippen LogP contribution in [0.25, 0.3) is 15.9 Å². The molecule has 42 heavy (non-hydrogen) atoms. The number of piperidine rings is 1. The molecule has 2 aromatic heterocycles. The molecule has 1 aromatic carbocycles. The molecule has 4 aliphatic rings. The van der Waals surface area contributed by atoms with Gasteiger partial charge < -0.3 is 15.1 Å². The molecule has 0 radical (unpaired) electrons. The summed E-state index contributed by atoms with van der Waals surface area (Å²) in [7, 11) is 0. The molecule has 0 spiro atoms. The summed E-state index contributed by atoms with van der Waals surface area (Å²) in [6.45, 7) is 12.4. The van der Waals surface area contributed by atoms with Crippen molar-refractivity contribution in [3.05, 3.63) is 74.9 Å². The van der Waals surface area contributed by atoms with Crippen LogP contribution in [-0.2, 0) is 18.0 Å². The number of anilines is 1. The van der Waals surface area contributed by atoms with E-state index in [4.69, 9.17) is 6.57 Å². The van der Waals surface area contributed by atoms with Crippen molar-refractivity contribution in [2.75, 3.05) is 25.0 Å². The Morgan fingerprint density at radius 3 is 2.48 bits per heavy atom. The van der Waals surface area contributed by atoms with Crippen molar-refractivity contribution in [1.29, 1.82) is 0 Å². The van der Waals surface area contributed by atoms with Crippen LogP contribution in [0.1, 0.15) is 87.4 Å². The third-order valence-electron chi connectivity index (χ3n) is 9.42. The third-order valence-corrected chi connectivity index (χ3v) is 9.42. The number of nitrogens with zero attached hydrogens (tertiary/aromatic N) is 5. The highest BCUT2D eigenvalue weighted by Gasteiger charge is 2.55. The smallest absolute Gasteiger partial charge is 0.276 e. The molecule has 1 aliphatic carbocycles. The van der Waals surface area contributed by atoms with E-state index < -0.39 is 28.9 Å². The fourth-order valence-electron chi connectivity index (χ4n) is 6.69. The Hall–Kier alpha value is -3.45. The van der Waals surface area contributed by atoms with E-state index in [1.165, 1.54) is 24.5 Å². The van der Waals surface area contributed by atoms with Gasteiger partial charge in [-0.15, -0.1) is 0 Å². The van der Waals surface area contributed by atoms with Crippen LogP contribution in [0.15, 0.2) is 35.4 Å². The van der Waals surface area contributed by atoms with Crippen LogP contribution in [-0.4, -0.2) is 39.1 Å². The lowest BCUT2D eigenvalue weighted by Crippen LogP contribution is -2.36. The Kier molecular flexibility index (Phi) is 7.73. The minimum atomic E-state index is -3.28. The van der Waals surface area contributed by atoms with E-state index in [0.717, 1.165) is 45.3 Å². The minimum absolute atomic E-state index is 0.119. The van der Waals surface area contributed by atoms with Gasteiger partial charge in [0.1, 0.15) is 29.2 Å². The first-order chi connectivity index (χ1) is 20.2. The molecule has 0 amide bonds. The number of fused-ring (bicyclic) bond motifs is 9. The van der Waals surface area contributed by atoms with Crippen LogP contribution in [0.4, 0.5) is 19.0 Å². The van der Waals surface area contributed by atoms with Crippen molar-refractivity contribution in [1.82, 2.24) is 19.4 Å². The van der Waals surface area contributed by atoms with Crippen LogP contribution in [0, 0.1) is 18.3 Å². The fraction of sp³-hybridized carbons (Fsp3) is 0.562. The highest BCUT2D eigenvalue weighted by atomic mass is 19.3. The molecule has 5 heterocycles. The summed E-state index contributed by atoms with van der Waals surface area (Å²) in [5.41, 5.74) is -0.603. The number of aryl methyl sites for hydroxylation is 1. The number of rotatable bonds is 1. The van der Waals surface area contributed by atoms with Crippen LogP contribution in [0.2, 0.25) is 0 Å². The predicted octanol–water partition coefficient (Wildman–Crippen LogP) is 6.78. The highest BCUT2D eigenvalue weighted by Crippen LogP contribution is 2.49. The van der Waals surface area contributed by atoms with Gasteiger partial charge in [-0.1, -0.05) is 31.0 Å². The molecule has 1 N–H and O–H groups in total. The summed E-state index contributed by atoms with van der Waals surface area (Å²) < 4.78 is 48.6. The maximum Gasteiger partial charge on any atom is 0.276 e. The Bertz CT molecular complexity index is 1570. The quantitative estimate of drug-likeness (QED) is 0.323. The van der Waals surface area contributed by atoms with Crippen LogP contribution in [0.3, 0.4) is 0 Å². The molecule has 3 aliphatic heterocycles. The molecule has 2 fully saturated rings. The molecular formula is C32H37F3N6O. The highest BCUT2D eigenvalue weighted by molar-refractivity contribution is 5.87. The number of pyridine rings is 1. The van der Waals surface area contributed by atoms with Gasteiger partial charge in [0.05, 0.1) is 17.0 Å². The Morgan fingerprint density at radius 1 is 1.02 bits per heavy atom. The molecule has 1 saturated carbocycles. The van der Waals surface area contributed by atoms with Crippen LogP contribution in [0.5, 0.6) is 0 Å². The second-order valence-electron chi connectivity index (χ2n) is 12.3. The minimum Gasteiger partial charge on any atom is -0.363 e. The van der Waals surface area contributed by atoms with E-state index in [2.05, 4.69) is 25.0 Å². The van der Waals surface area contributed by atoms with Gasteiger partial charge in [0, 0.05) is 31.4 Å². The molecule has 1 saturated heterocycles. The number of halogens is 3. The molecule has 7 nitrogen and oxygen atoms in total. The summed E-state index contributed by atoms with van der Waals surface area (Å²) >= 11 is 0. The molecule has 8 bridgehead atoms. The first-order valence-corrected chi connectivity index (χ1v) is 15.2. The Labute approximate surface area is 244 Å². The average Bonchev–Trinajstić information content (AvgIpc) is 3.77. The zero-order valence-electron chi connectivity index (χ0n) is 24.0. The number of hydrogen-bond donors (Lipinski definition) is 1. The maximum absolute atomic E-state index is 15.8. The van der Waals surface area contributed by atoms with Crippen molar-refractivity contribution in [2.45, 2.75) is 88.8 Å². The second-order valence-corrected chi connectivity index (χ2v) is 12.3. The van der Waals surface area contributed by atoms with Gasteiger partial charge in [0.15, 0.2) is 0 Å². The van der Waals surface area contributed by atoms with Crippen molar-refractivity contribution in [3.8, 4) is 0 Å². The lowest BCUT2D eigenvalue weighted by atomic mass is 9.87. The molecule has 3 aromatic rings. The predicted molar refractivity (Wildman–Crippen MR) is 156 cm³/mol. The first kappa shape index (κ1) is 28.7. The van der Waals surface area contributed by atoms with Gasteiger partial charge in [-0.05, 0) is 64.2 Å². The first-order valence-electron chi connectivity index (χ1n) is 15.2.